The maximum absolute atomic E-state index is 12.0. The molecule has 0 aliphatic heterocycles. The van der Waals surface area contributed by atoms with E-state index in [1.54, 1.807) is 37.4 Å². The van der Waals surface area contributed by atoms with Gasteiger partial charge in [0.25, 0.3) is 5.91 Å². The summed E-state index contributed by atoms with van der Waals surface area (Å²) >= 11 is 0. The van der Waals surface area contributed by atoms with Crippen molar-refractivity contribution in [2.75, 3.05) is 12.4 Å². The number of carbonyl (C=O) groups excluding carboxylic acids is 2. The second kappa shape index (κ2) is 7.40. The van der Waals surface area contributed by atoms with Gasteiger partial charge < -0.3 is 10.6 Å². The lowest BCUT2D eigenvalue weighted by Gasteiger charge is -2.07. The normalized spacial score (nSPS) is 10.6. The Morgan fingerprint density at radius 1 is 1.00 bits per heavy atom. The van der Waals surface area contributed by atoms with Crippen molar-refractivity contribution in [2.45, 2.75) is 13.8 Å². The van der Waals surface area contributed by atoms with Crippen LogP contribution < -0.4 is 10.6 Å². The topological polar surface area (TPSA) is 58.2 Å². The minimum absolute atomic E-state index is 0.131. The zero-order chi connectivity index (χ0) is 16.8. The molecular weight excluding hydrogens is 288 g/mol. The Balaban J connectivity index is 2.03. The Hall–Kier alpha value is -2.88. The summed E-state index contributed by atoms with van der Waals surface area (Å²) in [6.45, 7) is 3.94. The Bertz CT molecular complexity index is 746. The molecule has 0 aliphatic rings. The summed E-state index contributed by atoms with van der Waals surface area (Å²) in [5.74, 6) is -0.317. The quantitative estimate of drug-likeness (QED) is 0.851. The molecule has 2 aromatic rings. The molecule has 0 unspecified atom stereocenters. The Morgan fingerprint density at radius 3 is 2.35 bits per heavy atom. The maximum atomic E-state index is 12.0. The first kappa shape index (κ1) is 16.5. The third-order valence-electron chi connectivity index (χ3n) is 3.48. The van der Waals surface area contributed by atoms with E-state index in [-0.39, 0.29) is 11.8 Å². The van der Waals surface area contributed by atoms with Crippen LogP contribution in [0.2, 0.25) is 0 Å². The second-order valence-corrected chi connectivity index (χ2v) is 5.34. The molecule has 23 heavy (non-hydrogen) atoms. The van der Waals surface area contributed by atoms with Crippen LogP contribution in [-0.2, 0) is 4.79 Å². The minimum atomic E-state index is -0.186. The van der Waals surface area contributed by atoms with Crippen molar-refractivity contribution in [1.29, 1.82) is 0 Å². The third kappa shape index (κ3) is 4.54. The average molecular weight is 308 g/mol. The molecule has 2 aromatic carbocycles. The molecular formula is C19H20N2O2. The van der Waals surface area contributed by atoms with Crippen LogP contribution in [0.5, 0.6) is 0 Å². The summed E-state index contributed by atoms with van der Waals surface area (Å²) < 4.78 is 0. The first-order chi connectivity index (χ1) is 11.0. The number of aryl methyl sites for hydroxylation is 2. The Kier molecular flexibility index (Phi) is 5.31. The summed E-state index contributed by atoms with van der Waals surface area (Å²) in [6.07, 6.45) is 3.20. The van der Waals surface area contributed by atoms with E-state index >= 15 is 0 Å². The monoisotopic (exact) mass is 308 g/mol. The molecule has 0 atom stereocenters. The fourth-order valence-corrected chi connectivity index (χ4v) is 2.11. The van der Waals surface area contributed by atoms with Crippen molar-refractivity contribution in [1.82, 2.24) is 5.32 Å². The zero-order valence-corrected chi connectivity index (χ0v) is 13.5. The maximum Gasteiger partial charge on any atom is 0.251 e. The molecule has 2 N–H and O–H groups in total. The number of anilines is 1. The van der Waals surface area contributed by atoms with E-state index in [9.17, 15) is 9.59 Å². The van der Waals surface area contributed by atoms with Gasteiger partial charge in [-0.15, -0.1) is 0 Å². The first-order valence-corrected chi connectivity index (χ1v) is 7.38. The highest BCUT2D eigenvalue weighted by Crippen LogP contribution is 2.16. The predicted molar refractivity (Wildman–Crippen MR) is 93.4 cm³/mol. The number of carbonyl (C=O) groups is 2. The molecule has 4 nitrogen and oxygen atoms in total. The highest BCUT2D eigenvalue weighted by atomic mass is 16.2. The van der Waals surface area contributed by atoms with Crippen LogP contribution in [0.1, 0.15) is 27.0 Å². The van der Waals surface area contributed by atoms with Gasteiger partial charge in [0.1, 0.15) is 0 Å². The molecule has 0 spiro atoms. The van der Waals surface area contributed by atoms with Gasteiger partial charge in [-0.1, -0.05) is 24.3 Å². The minimum Gasteiger partial charge on any atom is -0.355 e. The van der Waals surface area contributed by atoms with Crippen molar-refractivity contribution in [3.63, 3.8) is 0 Å². The SMILES string of the molecule is CNC(=O)c1ccc(/C=C/C(=O)Nc2cc(C)ccc2C)cc1. The lowest BCUT2D eigenvalue weighted by atomic mass is 10.1. The molecule has 0 heterocycles. The number of rotatable bonds is 4. The van der Waals surface area contributed by atoms with Gasteiger partial charge in [0, 0.05) is 24.4 Å². The zero-order valence-electron chi connectivity index (χ0n) is 13.5. The van der Waals surface area contributed by atoms with Gasteiger partial charge in [-0.3, -0.25) is 9.59 Å². The predicted octanol–water partition coefficient (Wildman–Crippen LogP) is 3.31. The van der Waals surface area contributed by atoms with Gasteiger partial charge in [0.05, 0.1) is 0 Å². The van der Waals surface area contributed by atoms with E-state index in [0.29, 0.717) is 5.56 Å². The van der Waals surface area contributed by atoms with Crippen molar-refractivity contribution >= 4 is 23.6 Å². The van der Waals surface area contributed by atoms with Crippen molar-refractivity contribution in [3.8, 4) is 0 Å². The van der Waals surface area contributed by atoms with Crippen LogP contribution in [0.4, 0.5) is 5.69 Å². The summed E-state index contributed by atoms with van der Waals surface area (Å²) in [6, 6.07) is 13.0. The third-order valence-corrected chi connectivity index (χ3v) is 3.48. The van der Waals surface area contributed by atoms with E-state index in [1.165, 1.54) is 6.08 Å². The number of amides is 2. The van der Waals surface area contributed by atoms with Crippen LogP contribution in [0.3, 0.4) is 0 Å². The number of benzene rings is 2. The summed E-state index contributed by atoms with van der Waals surface area (Å²) in [7, 11) is 1.59. The summed E-state index contributed by atoms with van der Waals surface area (Å²) in [5, 5.41) is 5.44. The van der Waals surface area contributed by atoms with Gasteiger partial charge in [-0.25, -0.2) is 0 Å². The molecule has 0 fully saturated rings. The van der Waals surface area contributed by atoms with Crippen LogP contribution in [0.15, 0.2) is 48.5 Å². The van der Waals surface area contributed by atoms with Crippen molar-refractivity contribution in [3.05, 3.63) is 70.8 Å². The van der Waals surface area contributed by atoms with Gasteiger partial charge in [-0.05, 0) is 54.8 Å². The van der Waals surface area contributed by atoms with Crippen LogP contribution >= 0.6 is 0 Å². The summed E-state index contributed by atoms with van der Waals surface area (Å²) in [5.41, 5.74) is 4.37. The van der Waals surface area contributed by atoms with Gasteiger partial charge in [0.2, 0.25) is 5.91 Å². The fraction of sp³-hybridized carbons (Fsp3) is 0.158. The highest BCUT2D eigenvalue weighted by molar-refractivity contribution is 6.02. The van der Waals surface area contributed by atoms with E-state index in [4.69, 9.17) is 0 Å². The fourth-order valence-electron chi connectivity index (χ4n) is 2.11. The summed E-state index contributed by atoms with van der Waals surface area (Å²) in [4.78, 5) is 23.5. The number of nitrogens with one attached hydrogen (secondary N) is 2. The van der Waals surface area contributed by atoms with Gasteiger partial charge >= 0.3 is 0 Å². The first-order valence-electron chi connectivity index (χ1n) is 7.38. The Labute approximate surface area is 136 Å². The van der Waals surface area contributed by atoms with Gasteiger partial charge in [0.15, 0.2) is 0 Å². The molecule has 0 saturated heterocycles. The second-order valence-electron chi connectivity index (χ2n) is 5.34. The Morgan fingerprint density at radius 2 is 1.70 bits per heavy atom. The number of hydrogen-bond acceptors (Lipinski definition) is 2. The lowest BCUT2D eigenvalue weighted by Crippen LogP contribution is -2.17. The molecule has 0 aliphatic carbocycles. The van der Waals surface area contributed by atoms with E-state index in [0.717, 1.165) is 22.4 Å². The largest absolute Gasteiger partial charge is 0.355 e. The molecule has 0 radical (unpaired) electrons. The van der Waals surface area contributed by atoms with Crippen molar-refractivity contribution < 1.29 is 9.59 Å². The molecule has 2 rings (SSSR count). The average Bonchev–Trinajstić information content (AvgIpc) is 2.56. The molecule has 0 saturated carbocycles. The van der Waals surface area contributed by atoms with E-state index in [2.05, 4.69) is 10.6 Å². The lowest BCUT2D eigenvalue weighted by molar-refractivity contribution is -0.111. The highest BCUT2D eigenvalue weighted by Gasteiger charge is 2.03. The standard InChI is InChI=1S/C19H20N2O2/c1-13-4-5-14(2)17(12-13)21-18(22)11-8-15-6-9-16(10-7-15)19(23)20-3/h4-12H,1-3H3,(H,20,23)(H,21,22)/b11-8+. The van der Waals surface area contributed by atoms with Crippen LogP contribution in [0.25, 0.3) is 6.08 Å². The van der Waals surface area contributed by atoms with Crippen molar-refractivity contribution in [2.24, 2.45) is 0 Å². The smallest absolute Gasteiger partial charge is 0.251 e. The van der Waals surface area contributed by atoms with Crippen LogP contribution in [0, 0.1) is 13.8 Å². The molecule has 118 valence electrons. The number of hydrogen-bond donors (Lipinski definition) is 2. The molecule has 0 aromatic heterocycles. The van der Waals surface area contributed by atoms with E-state index in [1.807, 2.05) is 32.0 Å². The van der Waals surface area contributed by atoms with Gasteiger partial charge in [-0.2, -0.15) is 0 Å². The van der Waals surface area contributed by atoms with E-state index < -0.39 is 0 Å². The molecule has 2 amide bonds. The van der Waals surface area contributed by atoms with Crippen LogP contribution in [-0.4, -0.2) is 18.9 Å². The molecule has 4 heteroatoms. The molecule has 0 bridgehead atoms.